The molecular weight excluding hydrogens is 594 g/mol. The second-order valence-electron chi connectivity index (χ2n) is 11.7. The van der Waals surface area contributed by atoms with E-state index < -0.39 is 0 Å². The molecule has 0 spiro atoms. The predicted octanol–water partition coefficient (Wildman–Crippen LogP) is 4.84. The third-order valence-electron chi connectivity index (χ3n) is 8.93. The van der Waals surface area contributed by atoms with Crippen molar-refractivity contribution in [2.24, 2.45) is 0 Å². The monoisotopic (exact) mass is 629 g/mol. The number of amides is 1. The average molecular weight is 630 g/mol. The molecule has 1 fully saturated rings. The van der Waals surface area contributed by atoms with E-state index in [-0.39, 0.29) is 17.0 Å². The van der Waals surface area contributed by atoms with Crippen molar-refractivity contribution in [3.63, 3.8) is 0 Å². The van der Waals surface area contributed by atoms with E-state index in [0.29, 0.717) is 31.0 Å². The van der Waals surface area contributed by atoms with E-state index in [9.17, 15) is 9.59 Å². The molecule has 6 aromatic rings. The Hall–Kier alpha value is -5.71. The molecule has 11 heteroatoms. The zero-order chi connectivity index (χ0) is 32.7. The fourth-order valence-electron chi connectivity index (χ4n) is 6.36. The van der Waals surface area contributed by atoms with Crippen molar-refractivity contribution in [2.75, 3.05) is 45.3 Å². The minimum Gasteiger partial charge on any atom is -0.497 e. The van der Waals surface area contributed by atoms with E-state index >= 15 is 0 Å². The van der Waals surface area contributed by atoms with Gasteiger partial charge >= 0.3 is 0 Å². The summed E-state index contributed by atoms with van der Waals surface area (Å²) in [5.41, 5.74) is 7.28. The third-order valence-corrected chi connectivity index (χ3v) is 8.93. The first kappa shape index (κ1) is 30.0. The Morgan fingerprint density at radius 3 is 2.30 bits per heavy atom. The molecule has 1 amide bonds. The van der Waals surface area contributed by atoms with E-state index in [0.717, 1.165) is 63.4 Å². The van der Waals surface area contributed by atoms with Crippen LogP contribution in [0, 0.1) is 6.92 Å². The fraction of sp³-hybridized carbons (Fsp3) is 0.250. The molecule has 47 heavy (non-hydrogen) atoms. The van der Waals surface area contributed by atoms with Crippen LogP contribution in [-0.2, 0) is 11.3 Å². The van der Waals surface area contributed by atoms with Crippen LogP contribution in [0.25, 0.3) is 38.8 Å². The van der Waals surface area contributed by atoms with Crippen molar-refractivity contribution in [2.45, 2.75) is 20.4 Å². The number of hydrogen-bond acceptors (Lipinski definition) is 8. The molecule has 0 saturated carbocycles. The summed E-state index contributed by atoms with van der Waals surface area (Å²) in [6.07, 6.45) is 1.78. The van der Waals surface area contributed by atoms with Crippen LogP contribution in [0.5, 0.6) is 11.6 Å². The largest absolute Gasteiger partial charge is 0.497 e. The molecule has 0 atom stereocenters. The molecule has 0 radical (unpaired) electrons. The maximum absolute atomic E-state index is 14.1. The Morgan fingerprint density at radius 1 is 0.872 bits per heavy atom. The number of piperazine rings is 1. The van der Waals surface area contributed by atoms with Gasteiger partial charge in [0.1, 0.15) is 11.3 Å². The Morgan fingerprint density at radius 2 is 1.64 bits per heavy atom. The van der Waals surface area contributed by atoms with Crippen molar-refractivity contribution in [3.05, 3.63) is 100 Å². The van der Waals surface area contributed by atoms with Crippen LogP contribution < -0.4 is 19.9 Å². The van der Waals surface area contributed by atoms with Crippen LogP contribution in [0.2, 0.25) is 0 Å². The Bertz CT molecular complexity index is 2160. The lowest BCUT2D eigenvalue weighted by Crippen LogP contribution is -2.48. The molecule has 1 aliphatic rings. The predicted molar refractivity (Wildman–Crippen MR) is 182 cm³/mol. The zero-order valence-electron chi connectivity index (χ0n) is 26.8. The van der Waals surface area contributed by atoms with Crippen molar-refractivity contribution >= 4 is 33.5 Å². The van der Waals surface area contributed by atoms with Crippen molar-refractivity contribution in [3.8, 4) is 28.4 Å². The van der Waals surface area contributed by atoms with Crippen molar-refractivity contribution < 1.29 is 14.3 Å². The summed E-state index contributed by atoms with van der Waals surface area (Å²) in [7, 11) is 3.22. The lowest BCUT2D eigenvalue weighted by molar-refractivity contribution is -0.129. The van der Waals surface area contributed by atoms with Gasteiger partial charge in [-0.15, -0.1) is 5.10 Å². The molecule has 0 unspecified atom stereocenters. The highest BCUT2D eigenvalue weighted by molar-refractivity contribution is 6.04. The molecule has 1 aliphatic heterocycles. The maximum atomic E-state index is 14.1. The number of carbonyl (C=O) groups is 1. The third kappa shape index (κ3) is 5.54. The summed E-state index contributed by atoms with van der Waals surface area (Å²) >= 11 is 0. The first-order valence-corrected chi connectivity index (χ1v) is 15.5. The van der Waals surface area contributed by atoms with Crippen molar-refractivity contribution in [1.29, 1.82) is 0 Å². The lowest BCUT2D eigenvalue weighted by Gasteiger charge is -2.36. The molecule has 0 N–H and O–H groups in total. The Balaban J connectivity index is 1.36. The number of aromatic nitrogens is 5. The minimum atomic E-state index is -0.217. The van der Waals surface area contributed by atoms with Gasteiger partial charge in [-0.1, -0.05) is 23.4 Å². The summed E-state index contributed by atoms with van der Waals surface area (Å²) in [4.78, 5) is 34.5. The van der Waals surface area contributed by atoms with Gasteiger partial charge in [0.25, 0.3) is 5.56 Å². The molecular formula is C36H35N7O4. The van der Waals surface area contributed by atoms with Gasteiger partial charge in [0, 0.05) is 62.0 Å². The number of aryl methyl sites for hydroxylation is 1. The number of nitrogens with zero attached hydrogens (tertiary/aromatic N) is 7. The molecule has 1 saturated heterocycles. The molecule has 0 aliphatic carbocycles. The highest BCUT2D eigenvalue weighted by Gasteiger charge is 2.22. The molecule has 4 heterocycles. The Kier molecular flexibility index (Phi) is 7.80. The van der Waals surface area contributed by atoms with Gasteiger partial charge in [0.2, 0.25) is 11.8 Å². The van der Waals surface area contributed by atoms with E-state index in [1.807, 2.05) is 59.5 Å². The quantitative estimate of drug-likeness (QED) is 0.247. The number of pyridine rings is 2. The van der Waals surface area contributed by atoms with Crippen molar-refractivity contribution in [1.82, 2.24) is 29.4 Å². The minimum absolute atomic E-state index is 0.108. The number of benzene rings is 3. The highest BCUT2D eigenvalue weighted by atomic mass is 16.5. The fourth-order valence-corrected chi connectivity index (χ4v) is 6.36. The maximum Gasteiger partial charge on any atom is 0.281 e. The number of hydrogen-bond donors (Lipinski definition) is 0. The summed E-state index contributed by atoms with van der Waals surface area (Å²) in [5, 5.41) is 9.83. The second-order valence-corrected chi connectivity index (χ2v) is 11.7. The zero-order valence-corrected chi connectivity index (χ0v) is 26.8. The molecule has 3 aromatic carbocycles. The van der Waals surface area contributed by atoms with E-state index in [1.54, 1.807) is 36.6 Å². The Labute approximate surface area is 271 Å². The molecule has 0 bridgehead atoms. The smallest absolute Gasteiger partial charge is 0.281 e. The summed E-state index contributed by atoms with van der Waals surface area (Å²) in [5.74, 6) is 1.39. The molecule has 11 nitrogen and oxygen atoms in total. The SMILES string of the molecule is COc1ccc(Cn2c(=O)c3nnn(-c4ccc(N5CCN(C(C)=O)CC5)c(C)c4)c3c3cc(-c4ccc(OC)nc4)ccc32)cc1. The standard InChI is InChI=1S/C36H35N7O4/c1-23-19-28(9-13-31(23)41-17-15-40(16-18-41)24(2)44)43-35-30-20-26(27-8-14-33(47-4)37-21-27)7-12-32(30)42(36(45)34(35)38-39-43)22-25-5-10-29(46-3)11-6-25/h5-14,19-21H,15-18,22H2,1-4H3. The van der Waals surface area contributed by atoms with Gasteiger partial charge in [-0.2, -0.15) is 0 Å². The van der Waals surface area contributed by atoms with Crippen LogP contribution in [0.4, 0.5) is 5.69 Å². The number of ether oxygens (including phenoxy) is 2. The van der Waals surface area contributed by atoms with Gasteiger partial charge in [-0.05, 0) is 72.1 Å². The van der Waals surface area contributed by atoms with Gasteiger partial charge in [0.05, 0.1) is 32.0 Å². The highest BCUT2D eigenvalue weighted by Crippen LogP contribution is 2.31. The van der Waals surface area contributed by atoms with Crippen LogP contribution >= 0.6 is 0 Å². The molecule has 7 rings (SSSR count). The number of anilines is 1. The second kappa shape index (κ2) is 12.2. The number of fused-ring (bicyclic) bond motifs is 3. The first-order valence-electron chi connectivity index (χ1n) is 15.5. The van der Waals surface area contributed by atoms with Gasteiger partial charge in [-0.25, -0.2) is 9.67 Å². The number of carbonyl (C=O) groups excluding carboxylic acids is 1. The summed E-state index contributed by atoms with van der Waals surface area (Å²) < 4.78 is 14.1. The van der Waals surface area contributed by atoms with Crippen LogP contribution in [0.15, 0.2) is 83.8 Å². The van der Waals surface area contributed by atoms with Crippen LogP contribution in [0.3, 0.4) is 0 Å². The summed E-state index contributed by atoms with van der Waals surface area (Å²) in [6.45, 7) is 6.99. The summed E-state index contributed by atoms with van der Waals surface area (Å²) in [6, 6.07) is 23.7. The molecule has 3 aromatic heterocycles. The lowest BCUT2D eigenvalue weighted by atomic mass is 10.0. The topological polar surface area (TPSA) is 108 Å². The van der Waals surface area contributed by atoms with Gasteiger partial charge in [0.15, 0.2) is 5.52 Å². The van der Waals surface area contributed by atoms with Crippen LogP contribution in [-0.4, -0.2) is 75.8 Å². The molecule has 238 valence electrons. The van der Waals surface area contributed by atoms with E-state index in [2.05, 4.69) is 45.3 Å². The van der Waals surface area contributed by atoms with E-state index in [1.165, 1.54) is 0 Å². The van der Waals surface area contributed by atoms with Gasteiger partial charge < -0.3 is 23.8 Å². The number of methoxy groups -OCH3 is 2. The number of rotatable bonds is 7. The van der Waals surface area contributed by atoms with E-state index in [4.69, 9.17) is 9.47 Å². The van der Waals surface area contributed by atoms with Crippen LogP contribution in [0.1, 0.15) is 18.1 Å². The normalized spacial score (nSPS) is 13.4. The van der Waals surface area contributed by atoms with Gasteiger partial charge in [-0.3, -0.25) is 9.59 Å². The average Bonchev–Trinajstić information content (AvgIpc) is 3.56. The first-order chi connectivity index (χ1) is 22.8.